The average Bonchev–Trinajstić information content (AvgIpc) is 3.28. The Labute approximate surface area is 143 Å². The lowest BCUT2D eigenvalue weighted by atomic mass is 10.1. The molecule has 24 heavy (non-hydrogen) atoms. The molecule has 0 radical (unpaired) electrons. The summed E-state index contributed by atoms with van der Waals surface area (Å²) in [6.07, 6.45) is 4.52. The normalized spacial score (nSPS) is 22.2. The molecule has 0 bridgehead atoms. The van der Waals surface area contributed by atoms with Crippen LogP contribution in [0.3, 0.4) is 0 Å². The number of anilines is 1. The van der Waals surface area contributed by atoms with Crippen molar-refractivity contribution in [2.24, 2.45) is 0 Å². The van der Waals surface area contributed by atoms with Gasteiger partial charge in [0, 0.05) is 31.9 Å². The lowest BCUT2D eigenvalue weighted by Crippen LogP contribution is -2.39. The summed E-state index contributed by atoms with van der Waals surface area (Å²) in [5.74, 6) is 0. The standard InChI is InChI=1S/C19H26N4O/c1-15-12-20-21-19(15)18-14-24-11-10-23(18)13-16-6-2-3-7-17(16)22-8-4-5-9-22/h2-3,6-7,12,18H,4-5,8-11,13-14H2,1H3,(H,20,21). The molecular formula is C19H26N4O. The molecule has 4 rings (SSSR count). The first-order valence-electron chi connectivity index (χ1n) is 8.97. The molecule has 5 nitrogen and oxygen atoms in total. The van der Waals surface area contributed by atoms with Crippen LogP contribution < -0.4 is 4.90 Å². The van der Waals surface area contributed by atoms with Crippen LogP contribution >= 0.6 is 0 Å². The third-order valence-corrected chi connectivity index (χ3v) is 5.25. The van der Waals surface area contributed by atoms with Gasteiger partial charge in [0.2, 0.25) is 0 Å². The van der Waals surface area contributed by atoms with E-state index in [0.29, 0.717) is 0 Å². The molecule has 2 aliphatic heterocycles. The Kier molecular flexibility index (Phi) is 4.54. The summed E-state index contributed by atoms with van der Waals surface area (Å²) in [7, 11) is 0. The molecule has 1 aromatic heterocycles. The smallest absolute Gasteiger partial charge is 0.0758 e. The zero-order chi connectivity index (χ0) is 16.4. The van der Waals surface area contributed by atoms with Gasteiger partial charge in [-0.1, -0.05) is 18.2 Å². The summed E-state index contributed by atoms with van der Waals surface area (Å²) in [6.45, 7) is 7.93. The average molecular weight is 326 g/mol. The zero-order valence-corrected chi connectivity index (χ0v) is 14.4. The molecule has 128 valence electrons. The summed E-state index contributed by atoms with van der Waals surface area (Å²) in [5, 5.41) is 7.38. The van der Waals surface area contributed by atoms with E-state index in [1.54, 1.807) is 0 Å². The van der Waals surface area contributed by atoms with Crippen LogP contribution in [0.5, 0.6) is 0 Å². The highest BCUT2D eigenvalue weighted by atomic mass is 16.5. The van der Waals surface area contributed by atoms with Crippen molar-refractivity contribution in [2.45, 2.75) is 32.4 Å². The maximum absolute atomic E-state index is 5.76. The molecule has 2 saturated heterocycles. The summed E-state index contributed by atoms with van der Waals surface area (Å²) in [4.78, 5) is 5.06. The van der Waals surface area contributed by atoms with Crippen molar-refractivity contribution >= 4 is 5.69 Å². The van der Waals surface area contributed by atoms with Gasteiger partial charge >= 0.3 is 0 Å². The second kappa shape index (κ2) is 6.95. The van der Waals surface area contributed by atoms with Gasteiger partial charge in [-0.3, -0.25) is 10.00 Å². The number of H-pyrrole nitrogens is 1. The minimum absolute atomic E-state index is 0.257. The Morgan fingerprint density at radius 1 is 1.21 bits per heavy atom. The van der Waals surface area contributed by atoms with Gasteiger partial charge in [-0.05, 0) is 37.0 Å². The fourth-order valence-corrected chi connectivity index (χ4v) is 3.92. The van der Waals surface area contributed by atoms with E-state index in [9.17, 15) is 0 Å². The van der Waals surface area contributed by atoms with Crippen LogP contribution in [-0.4, -0.2) is 47.9 Å². The van der Waals surface area contributed by atoms with Crippen LogP contribution in [-0.2, 0) is 11.3 Å². The first kappa shape index (κ1) is 15.7. The van der Waals surface area contributed by atoms with Crippen LogP contribution in [0.15, 0.2) is 30.5 Å². The SMILES string of the molecule is Cc1cn[nH]c1C1COCCN1Cc1ccccc1N1CCCC1. The molecule has 2 aromatic rings. The first-order valence-corrected chi connectivity index (χ1v) is 8.97. The van der Waals surface area contributed by atoms with Crippen LogP contribution in [0.1, 0.15) is 35.7 Å². The molecule has 0 saturated carbocycles. The van der Waals surface area contributed by atoms with Gasteiger partial charge in [0.25, 0.3) is 0 Å². The van der Waals surface area contributed by atoms with Crippen molar-refractivity contribution in [2.75, 3.05) is 37.7 Å². The number of para-hydroxylation sites is 1. The van der Waals surface area contributed by atoms with Crippen molar-refractivity contribution in [1.82, 2.24) is 15.1 Å². The number of aromatic nitrogens is 2. The van der Waals surface area contributed by atoms with Gasteiger partial charge in [-0.25, -0.2) is 0 Å². The van der Waals surface area contributed by atoms with Crippen molar-refractivity contribution < 1.29 is 4.74 Å². The lowest BCUT2D eigenvalue weighted by Gasteiger charge is -2.36. The summed E-state index contributed by atoms with van der Waals surface area (Å²) in [6, 6.07) is 9.13. The maximum Gasteiger partial charge on any atom is 0.0758 e. The van der Waals surface area contributed by atoms with Gasteiger partial charge in [-0.15, -0.1) is 0 Å². The number of morpholine rings is 1. The van der Waals surface area contributed by atoms with E-state index in [1.165, 1.54) is 48.4 Å². The minimum atomic E-state index is 0.257. The highest BCUT2D eigenvalue weighted by Gasteiger charge is 2.28. The van der Waals surface area contributed by atoms with Crippen LogP contribution in [0.25, 0.3) is 0 Å². The van der Waals surface area contributed by atoms with Crippen molar-refractivity contribution in [3.63, 3.8) is 0 Å². The highest BCUT2D eigenvalue weighted by molar-refractivity contribution is 5.54. The molecule has 2 aliphatic rings. The second-order valence-corrected chi connectivity index (χ2v) is 6.85. The van der Waals surface area contributed by atoms with Gasteiger partial charge in [-0.2, -0.15) is 5.10 Å². The maximum atomic E-state index is 5.76. The third kappa shape index (κ3) is 3.06. The predicted molar refractivity (Wildman–Crippen MR) is 95.2 cm³/mol. The molecule has 2 fully saturated rings. The molecule has 0 aliphatic carbocycles. The van der Waals surface area contributed by atoms with Crippen LogP contribution in [0.4, 0.5) is 5.69 Å². The largest absolute Gasteiger partial charge is 0.378 e. The summed E-state index contributed by atoms with van der Waals surface area (Å²) >= 11 is 0. The number of benzene rings is 1. The van der Waals surface area contributed by atoms with E-state index in [4.69, 9.17) is 4.74 Å². The second-order valence-electron chi connectivity index (χ2n) is 6.85. The predicted octanol–water partition coefficient (Wildman–Crippen LogP) is 2.89. The Morgan fingerprint density at radius 2 is 2.04 bits per heavy atom. The number of hydrogen-bond donors (Lipinski definition) is 1. The molecule has 1 unspecified atom stereocenters. The molecule has 0 amide bonds. The molecule has 1 aromatic carbocycles. The Balaban J connectivity index is 1.58. The molecule has 1 atom stereocenters. The van der Waals surface area contributed by atoms with E-state index >= 15 is 0 Å². The molecule has 0 spiro atoms. The molecule has 1 N–H and O–H groups in total. The molecule has 3 heterocycles. The van der Waals surface area contributed by atoms with E-state index in [-0.39, 0.29) is 6.04 Å². The van der Waals surface area contributed by atoms with Crippen molar-refractivity contribution in [1.29, 1.82) is 0 Å². The van der Waals surface area contributed by atoms with E-state index in [1.807, 2.05) is 6.20 Å². The van der Waals surface area contributed by atoms with E-state index in [0.717, 1.165) is 26.3 Å². The highest BCUT2D eigenvalue weighted by Crippen LogP contribution is 2.30. The van der Waals surface area contributed by atoms with Crippen molar-refractivity contribution in [3.8, 4) is 0 Å². The van der Waals surface area contributed by atoms with Crippen LogP contribution in [0.2, 0.25) is 0 Å². The fourth-order valence-electron chi connectivity index (χ4n) is 3.92. The number of aromatic amines is 1. The molecular weight excluding hydrogens is 300 g/mol. The Morgan fingerprint density at radius 3 is 2.83 bits per heavy atom. The van der Waals surface area contributed by atoms with Gasteiger partial charge in [0.05, 0.1) is 31.1 Å². The molecule has 5 heteroatoms. The topological polar surface area (TPSA) is 44.4 Å². The first-order chi connectivity index (χ1) is 11.8. The number of nitrogens with one attached hydrogen (secondary N) is 1. The van der Waals surface area contributed by atoms with Gasteiger partial charge < -0.3 is 9.64 Å². The minimum Gasteiger partial charge on any atom is -0.378 e. The van der Waals surface area contributed by atoms with E-state index in [2.05, 4.69) is 51.2 Å². The lowest BCUT2D eigenvalue weighted by molar-refractivity contribution is -0.0144. The Bertz CT molecular complexity index is 678. The number of nitrogens with zero attached hydrogens (tertiary/aromatic N) is 3. The summed E-state index contributed by atoms with van der Waals surface area (Å²) in [5.41, 5.74) is 5.22. The number of ether oxygens (including phenoxy) is 1. The number of aryl methyl sites for hydroxylation is 1. The quantitative estimate of drug-likeness (QED) is 0.938. The monoisotopic (exact) mass is 326 g/mol. The van der Waals surface area contributed by atoms with Gasteiger partial charge in [0.1, 0.15) is 0 Å². The number of rotatable bonds is 4. The zero-order valence-electron chi connectivity index (χ0n) is 14.4. The van der Waals surface area contributed by atoms with Crippen molar-refractivity contribution in [3.05, 3.63) is 47.3 Å². The fraction of sp³-hybridized carbons (Fsp3) is 0.526. The van der Waals surface area contributed by atoms with E-state index < -0.39 is 0 Å². The number of hydrogen-bond acceptors (Lipinski definition) is 4. The third-order valence-electron chi connectivity index (χ3n) is 5.25. The van der Waals surface area contributed by atoms with Crippen LogP contribution in [0, 0.1) is 6.92 Å². The Hall–Kier alpha value is -1.85. The van der Waals surface area contributed by atoms with Gasteiger partial charge in [0.15, 0.2) is 0 Å². The summed E-state index contributed by atoms with van der Waals surface area (Å²) < 4.78 is 5.76.